The van der Waals surface area contributed by atoms with E-state index in [4.69, 9.17) is 17.3 Å². The minimum absolute atomic E-state index is 0.0326. The molecule has 0 radical (unpaired) electrons. The summed E-state index contributed by atoms with van der Waals surface area (Å²) >= 11 is 6.60. The highest BCUT2D eigenvalue weighted by molar-refractivity contribution is 6.33. The molecular weight excluding hydrogens is 420 g/mol. The first-order valence-electron chi connectivity index (χ1n) is 11.0. The molecule has 0 spiro atoms. The molecule has 1 unspecified atom stereocenters. The van der Waals surface area contributed by atoms with Gasteiger partial charge in [0.2, 0.25) is 0 Å². The summed E-state index contributed by atoms with van der Waals surface area (Å²) in [6.45, 7) is 8.11. The Balaban J connectivity index is 1.58. The quantitative estimate of drug-likeness (QED) is 0.535. The Labute approximate surface area is 195 Å². The van der Waals surface area contributed by atoms with Crippen LogP contribution in [0.4, 0.5) is 11.4 Å². The van der Waals surface area contributed by atoms with Crippen molar-refractivity contribution in [3.63, 3.8) is 0 Å². The van der Waals surface area contributed by atoms with Gasteiger partial charge in [-0.2, -0.15) is 0 Å². The molecule has 1 aromatic heterocycles. The number of rotatable bonds is 6. The van der Waals surface area contributed by atoms with Gasteiger partial charge in [0.05, 0.1) is 29.1 Å². The second-order valence-electron chi connectivity index (χ2n) is 9.15. The summed E-state index contributed by atoms with van der Waals surface area (Å²) in [5.41, 5.74) is 10.7. The van der Waals surface area contributed by atoms with Crippen LogP contribution < -0.4 is 10.6 Å². The number of hydrogen-bond acceptors (Lipinski definition) is 5. The summed E-state index contributed by atoms with van der Waals surface area (Å²) in [5, 5.41) is 9.98. The summed E-state index contributed by atoms with van der Waals surface area (Å²) in [5.74, 6) is 0. The second kappa shape index (κ2) is 9.49. The zero-order valence-corrected chi connectivity index (χ0v) is 19.5. The number of nitrogens with two attached hydrogens (primary N) is 1. The van der Waals surface area contributed by atoms with Crippen molar-refractivity contribution in [3.05, 3.63) is 88.7 Å². The molecule has 0 saturated carbocycles. The number of benzene rings is 2. The van der Waals surface area contributed by atoms with Crippen LogP contribution >= 0.6 is 11.6 Å². The van der Waals surface area contributed by atoms with Gasteiger partial charge in [-0.05, 0) is 35.4 Å². The summed E-state index contributed by atoms with van der Waals surface area (Å²) in [6, 6.07) is 20.6. The molecule has 1 aliphatic heterocycles. The molecule has 1 aliphatic rings. The first-order chi connectivity index (χ1) is 15.4. The Morgan fingerprint density at radius 3 is 2.53 bits per heavy atom. The van der Waals surface area contributed by atoms with Crippen molar-refractivity contribution in [3.8, 4) is 0 Å². The van der Waals surface area contributed by atoms with E-state index in [-0.39, 0.29) is 18.1 Å². The van der Waals surface area contributed by atoms with Crippen LogP contribution in [-0.2, 0) is 12.0 Å². The van der Waals surface area contributed by atoms with Crippen LogP contribution in [0, 0.1) is 0 Å². The van der Waals surface area contributed by atoms with E-state index >= 15 is 0 Å². The summed E-state index contributed by atoms with van der Waals surface area (Å²) < 4.78 is 0. The molecule has 1 atom stereocenters. The van der Waals surface area contributed by atoms with E-state index in [0.29, 0.717) is 16.4 Å². The van der Waals surface area contributed by atoms with Crippen molar-refractivity contribution in [2.24, 2.45) is 0 Å². The molecule has 168 valence electrons. The van der Waals surface area contributed by atoms with Gasteiger partial charge in [-0.1, -0.05) is 61.8 Å². The number of aromatic nitrogens is 1. The van der Waals surface area contributed by atoms with Crippen LogP contribution in [-0.4, -0.2) is 41.2 Å². The van der Waals surface area contributed by atoms with E-state index in [1.165, 1.54) is 11.1 Å². The molecule has 32 heavy (non-hydrogen) atoms. The lowest BCUT2D eigenvalue weighted by Crippen LogP contribution is -2.51. The Bertz CT molecular complexity index is 1040. The number of pyridine rings is 1. The standard InChI is InChI=1S/C26H31ClN4O/c1-26(2,20-8-10-22(17-32)29-15-20)18-30-12-13-31(24-11-9-21(28)14-23(24)27)25(16-30)19-6-4-3-5-7-19/h3-11,14-15,25,32H,12-13,16-18,28H2,1-2H3. The third-order valence-electron chi connectivity index (χ3n) is 6.32. The highest BCUT2D eigenvalue weighted by Gasteiger charge is 2.33. The summed E-state index contributed by atoms with van der Waals surface area (Å²) in [6.07, 6.45) is 1.89. The molecule has 4 rings (SSSR count). The first-order valence-corrected chi connectivity index (χ1v) is 11.4. The SMILES string of the molecule is CC(C)(CN1CCN(c2ccc(N)cc2Cl)C(c2ccccc2)C1)c1ccc(CO)nc1. The monoisotopic (exact) mass is 450 g/mol. The lowest BCUT2D eigenvalue weighted by Gasteiger charge is -2.45. The summed E-state index contributed by atoms with van der Waals surface area (Å²) in [7, 11) is 0. The highest BCUT2D eigenvalue weighted by atomic mass is 35.5. The van der Waals surface area contributed by atoms with Gasteiger partial charge in [0.15, 0.2) is 0 Å². The van der Waals surface area contributed by atoms with Crippen LogP contribution in [0.2, 0.25) is 5.02 Å². The van der Waals surface area contributed by atoms with Crippen molar-refractivity contribution in [2.75, 3.05) is 36.8 Å². The van der Waals surface area contributed by atoms with Crippen molar-refractivity contribution < 1.29 is 5.11 Å². The van der Waals surface area contributed by atoms with Gasteiger partial charge in [0.1, 0.15) is 0 Å². The lowest BCUT2D eigenvalue weighted by atomic mass is 9.84. The number of aliphatic hydroxyl groups is 1. The Hall–Kier alpha value is -2.60. The maximum absolute atomic E-state index is 9.29. The van der Waals surface area contributed by atoms with Crippen molar-refractivity contribution >= 4 is 23.0 Å². The van der Waals surface area contributed by atoms with Crippen LogP contribution in [0.5, 0.6) is 0 Å². The van der Waals surface area contributed by atoms with Crippen LogP contribution in [0.3, 0.4) is 0 Å². The van der Waals surface area contributed by atoms with E-state index in [1.54, 1.807) is 0 Å². The van der Waals surface area contributed by atoms with Gasteiger partial charge in [-0.25, -0.2) is 0 Å². The van der Waals surface area contributed by atoms with E-state index in [1.807, 2.05) is 30.5 Å². The third-order valence-corrected chi connectivity index (χ3v) is 6.62. The normalized spacial score (nSPS) is 17.5. The fourth-order valence-corrected chi connectivity index (χ4v) is 4.85. The van der Waals surface area contributed by atoms with Gasteiger partial charge in [0, 0.05) is 43.5 Å². The molecule has 1 fully saturated rings. The zero-order chi connectivity index (χ0) is 22.7. The van der Waals surface area contributed by atoms with Gasteiger partial charge >= 0.3 is 0 Å². The van der Waals surface area contributed by atoms with Crippen LogP contribution in [0.1, 0.15) is 36.7 Å². The maximum atomic E-state index is 9.29. The molecule has 0 bridgehead atoms. The highest BCUT2D eigenvalue weighted by Crippen LogP contribution is 2.37. The maximum Gasteiger partial charge on any atom is 0.0852 e. The van der Waals surface area contributed by atoms with Gasteiger partial charge in [-0.15, -0.1) is 0 Å². The van der Waals surface area contributed by atoms with E-state index in [2.05, 4.69) is 65.0 Å². The van der Waals surface area contributed by atoms with E-state index < -0.39 is 0 Å². The third kappa shape index (κ3) is 4.90. The number of hydrogen-bond donors (Lipinski definition) is 2. The number of piperazine rings is 1. The molecule has 2 heterocycles. The van der Waals surface area contributed by atoms with Crippen molar-refractivity contribution in [1.82, 2.24) is 9.88 Å². The lowest BCUT2D eigenvalue weighted by molar-refractivity contribution is 0.186. The number of nitrogen functional groups attached to an aromatic ring is 1. The Kier molecular flexibility index (Phi) is 6.70. The molecule has 2 aromatic carbocycles. The van der Waals surface area contributed by atoms with Crippen molar-refractivity contribution in [1.29, 1.82) is 0 Å². The number of aliphatic hydroxyl groups excluding tert-OH is 1. The van der Waals surface area contributed by atoms with Gasteiger partial charge < -0.3 is 15.7 Å². The smallest absolute Gasteiger partial charge is 0.0852 e. The predicted octanol–water partition coefficient (Wildman–Crippen LogP) is 4.65. The molecule has 5 nitrogen and oxygen atoms in total. The molecule has 0 aliphatic carbocycles. The minimum Gasteiger partial charge on any atom is -0.399 e. The predicted molar refractivity (Wildman–Crippen MR) is 132 cm³/mol. The average Bonchev–Trinajstić information content (AvgIpc) is 2.80. The fourth-order valence-electron chi connectivity index (χ4n) is 4.56. The molecule has 3 N–H and O–H groups in total. The topological polar surface area (TPSA) is 65.6 Å². The fraction of sp³-hybridized carbons (Fsp3) is 0.346. The first kappa shape index (κ1) is 22.6. The van der Waals surface area contributed by atoms with Crippen molar-refractivity contribution in [2.45, 2.75) is 31.9 Å². The second-order valence-corrected chi connectivity index (χ2v) is 9.55. The largest absolute Gasteiger partial charge is 0.399 e. The Morgan fingerprint density at radius 1 is 1.09 bits per heavy atom. The number of nitrogens with zero attached hydrogens (tertiary/aromatic N) is 3. The number of halogens is 1. The van der Waals surface area contributed by atoms with E-state index in [0.717, 1.165) is 31.9 Å². The minimum atomic E-state index is -0.0662. The van der Waals surface area contributed by atoms with Gasteiger partial charge in [-0.3, -0.25) is 9.88 Å². The molecule has 1 saturated heterocycles. The molecule has 3 aromatic rings. The van der Waals surface area contributed by atoms with E-state index in [9.17, 15) is 5.11 Å². The summed E-state index contributed by atoms with van der Waals surface area (Å²) in [4.78, 5) is 9.31. The van der Waals surface area contributed by atoms with Crippen LogP contribution in [0.25, 0.3) is 0 Å². The zero-order valence-electron chi connectivity index (χ0n) is 18.7. The van der Waals surface area contributed by atoms with Gasteiger partial charge in [0.25, 0.3) is 0 Å². The van der Waals surface area contributed by atoms with Crippen LogP contribution in [0.15, 0.2) is 66.9 Å². The molecule has 6 heteroatoms. The molecular formula is C26H31ClN4O. The Morgan fingerprint density at radius 2 is 1.88 bits per heavy atom. The average molecular weight is 451 g/mol. The molecule has 0 amide bonds. The number of anilines is 2.